The van der Waals surface area contributed by atoms with Crippen molar-refractivity contribution in [3.05, 3.63) is 41.5 Å². The van der Waals surface area contributed by atoms with Gasteiger partial charge in [0.05, 0.1) is 4.90 Å². The summed E-state index contributed by atoms with van der Waals surface area (Å²) in [6, 6.07) is 7.39. The first-order chi connectivity index (χ1) is 9.52. The molecule has 4 N–H and O–H groups in total. The van der Waals surface area contributed by atoms with Gasteiger partial charge in [-0.05, 0) is 35.7 Å². The van der Waals surface area contributed by atoms with E-state index >= 15 is 0 Å². The highest BCUT2D eigenvalue weighted by molar-refractivity contribution is 7.97. The molecule has 0 aliphatic carbocycles. The number of phenolic OH excluding ortho intramolecular Hbond substituents is 4. The molecule has 6 heteroatoms. The smallest absolute Gasteiger partial charge is 0.134 e. The van der Waals surface area contributed by atoms with E-state index < -0.39 is 0 Å². The second-order valence-corrected chi connectivity index (χ2v) is 5.78. The molecule has 5 nitrogen and oxygen atoms in total. The number of fused-ring (bicyclic) bond motifs is 1. The zero-order valence-corrected chi connectivity index (χ0v) is 11.3. The van der Waals surface area contributed by atoms with Gasteiger partial charge in [0.25, 0.3) is 0 Å². The topological polar surface area (TPSA) is 84.2 Å². The molecule has 0 saturated heterocycles. The summed E-state index contributed by atoms with van der Waals surface area (Å²) in [4.78, 5) is 0.624. The van der Waals surface area contributed by atoms with Gasteiger partial charge in [0.1, 0.15) is 23.0 Å². The van der Waals surface area contributed by atoms with Gasteiger partial charge >= 0.3 is 0 Å². The molecule has 1 aliphatic heterocycles. The van der Waals surface area contributed by atoms with Crippen molar-refractivity contribution >= 4 is 11.9 Å². The van der Waals surface area contributed by atoms with Crippen LogP contribution in [-0.4, -0.2) is 24.7 Å². The Labute approximate surface area is 119 Å². The Morgan fingerprint density at radius 3 is 2.35 bits per heavy atom. The Morgan fingerprint density at radius 2 is 1.60 bits per heavy atom. The normalized spacial score (nSPS) is 14.4. The van der Waals surface area contributed by atoms with Crippen LogP contribution in [0, 0.1) is 0 Å². The number of phenols is 4. The van der Waals surface area contributed by atoms with E-state index in [1.165, 1.54) is 30.1 Å². The minimum absolute atomic E-state index is 0.0121. The van der Waals surface area contributed by atoms with Crippen LogP contribution in [0.3, 0.4) is 0 Å². The molecular weight excluding hydrogens is 278 g/mol. The van der Waals surface area contributed by atoms with Crippen molar-refractivity contribution < 1.29 is 20.4 Å². The second kappa shape index (κ2) is 4.81. The molecule has 0 radical (unpaired) electrons. The average molecular weight is 291 g/mol. The Morgan fingerprint density at radius 1 is 0.850 bits per heavy atom. The van der Waals surface area contributed by atoms with E-state index in [1.807, 2.05) is 4.31 Å². The van der Waals surface area contributed by atoms with Crippen molar-refractivity contribution in [2.24, 2.45) is 0 Å². The van der Waals surface area contributed by atoms with E-state index in [2.05, 4.69) is 0 Å². The van der Waals surface area contributed by atoms with Crippen molar-refractivity contribution in [3.63, 3.8) is 0 Å². The Bertz CT molecular complexity index is 674. The largest absolute Gasteiger partial charge is 0.508 e. The van der Waals surface area contributed by atoms with Crippen LogP contribution >= 0.6 is 11.9 Å². The molecule has 0 spiro atoms. The zero-order chi connectivity index (χ0) is 14.3. The number of hydrogen-bond donors (Lipinski definition) is 4. The Balaban J connectivity index is 1.80. The summed E-state index contributed by atoms with van der Waals surface area (Å²) in [7, 11) is 0. The lowest BCUT2D eigenvalue weighted by Crippen LogP contribution is -2.05. The molecule has 0 unspecified atom stereocenters. The van der Waals surface area contributed by atoms with Gasteiger partial charge < -0.3 is 20.4 Å². The monoisotopic (exact) mass is 291 g/mol. The van der Waals surface area contributed by atoms with Crippen molar-refractivity contribution in [2.45, 2.75) is 18.0 Å². The zero-order valence-electron chi connectivity index (χ0n) is 10.4. The van der Waals surface area contributed by atoms with E-state index in [1.54, 1.807) is 12.1 Å². The Hall–Kier alpha value is -2.05. The van der Waals surface area contributed by atoms with E-state index in [0.29, 0.717) is 18.0 Å². The van der Waals surface area contributed by atoms with Crippen LogP contribution in [0.5, 0.6) is 23.0 Å². The SMILES string of the molecule is Oc1ccc(SN2Cc3cc(O)cc(O)c3C2)c(O)c1. The van der Waals surface area contributed by atoms with Crippen LogP contribution in [0.15, 0.2) is 35.2 Å². The summed E-state index contributed by atoms with van der Waals surface area (Å²) >= 11 is 1.34. The van der Waals surface area contributed by atoms with Crippen LogP contribution in [0.1, 0.15) is 11.1 Å². The molecule has 0 amide bonds. The molecule has 2 aromatic carbocycles. The predicted octanol–water partition coefficient (Wildman–Crippen LogP) is 2.53. The summed E-state index contributed by atoms with van der Waals surface area (Å²) in [5.74, 6) is 0.149. The molecule has 1 heterocycles. The molecule has 1 aliphatic rings. The molecule has 3 rings (SSSR count). The van der Waals surface area contributed by atoms with Crippen LogP contribution in [0.2, 0.25) is 0 Å². The number of aromatic hydroxyl groups is 4. The lowest BCUT2D eigenvalue weighted by Gasteiger charge is -2.14. The minimum Gasteiger partial charge on any atom is -0.508 e. The molecule has 104 valence electrons. The lowest BCUT2D eigenvalue weighted by atomic mass is 10.1. The van der Waals surface area contributed by atoms with Gasteiger partial charge in [0, 0.05) is 30.8 Å². The standard InChI is InChI=1S/C14H13NO4S/c16-9-1-2-14(13(19)4-9)20-15-6-8-3-10(17)5-12(18)11(8)7-15/h1-5,16-19H,6-7H2. The summed E-state index contributed by atoms with van der Waals surface area (Å²) < 4.78 is 1.95. The van der Waals surface area contributed by atoms with E-state index in [0.717, 1.165) is 11.1 Å². The van der Waals surface area contributed by atoms with E-state index in [-0.39, 0.29) is 23.0 Å². The maximum Gasteiger partial charge on any atom is 0.134 e. The highest BCUT2D eigenvalue weighted by Crippen LogP contribution is 2.41. The number of nitrogens with zero attached hydrogens (tertiary/aromatic N) is 1. The van der Waals surface area contributed by atoms with Crippen LogP contribution in [0.25, 0.3) is 0 Å². The van der Waals surface area contributed by atoms with Gasteiger partial charge in [-0.25, -0.2) is 4.31 Å². The fourth-order valence-corrected chi connectivity index (χ4v) is 3.19. The predicted molar refractivity (Wildman–Crippen MR) is 74.6 cm³/mol. The molecule has 0 bridgehead atoms. The van der Waals surface area contributed by atoms with Crippen molar-refractivity contribution in [2.75, 3.05) is 0 Å². The summed E-state index contributed by atoms with van der Waals surface area (Å²) in [6.07, 6.45) is 0. The molecule has 2 aromatic rings. The highest BCUT2D eigenvalue weighted by Gasteiger charge is 2.24. The molecule has 0 fully saturated rings. The number of hydrogen-bond acceptors (Lipinski definition) is 6. The fraction of sp³-hybridized carbons (Fsp3) is 0.143. The minimum atomic E-state index is 0.0121. The molecule has 0 aromatic heterocycles. The van der Waals surface area contributed by atoms with Gasteiger partial charge in [-0.15, -0.1) is 0 Å². The second-order valence-electron chi connectivity index (χ2n) is 4.64. The van der Waals surface area contributed by atoms with Crippen LogP contribution < -0.4 is 0 Å². The number of benzene rings is 2. The third-order valence-corrected chi connectivity index (χ3v) is 4.21. The molecule has 0 saturated carbocycles. The van der Waals surface area contributed by atoms with Gasteiger partial charge in [0.15, 0.2) is 0 Å². The summed E-state index contributed by atoms with van der Waals surface area (Å²) in [5.41, 5.74) is 1.65. The van der Waals surface area contributed by atoms with Gasteiger partial charge in [-0.3, -0.25) is 0 Å². The van der Waals surface area contributed by atoms with Gasteiger partial charge in [-0.1, -0.05) is 0 Å². The van der Waals surface area contributed by atoms with Crippen molar-refractivity contribution in [1.82, 2.24) is 4.31 Å². The van der Waals surface area contributed by atoms with Gasteiger partial charge in [0.2, 0.25) is 0 Å². The quantitative estimate of drug-likeness (QED) is 0.636. The third-order valence-electron chi connectivity index (χ3n) is 3.15. The van der Waals surface area contributed by atoms with E-state index in [4.69, 9.17) is 0 Å². The fourth-order valence-electron chi connectivity index (χ4n) is 2.23. The maximum absolute atomic E-state index is 9.81. The summed E-state index contributed by atoms with van der Waals surface area (Å²) in [5, 5.41) is 38.3. The summed E-state index contributed by atoms with van der Waals surface area (Å²) in [6.45, 7) is 1.08. The molecule has 20 heavy (non-hydrogen) atoms. The third kappa shape index (κ3) is 2.35. The van der Waals surface area contributed by atoms with E-state index in [9.17, 15) is 20.4 Å². The van der Waals surface area contributed by atoms with Gasteiger partial charge in [-0.2, -0.15) is 0 Å². The van der Waals surface area contributed by atoms with Crippen molar-refractivity contribution in [3.8, 4) is 23.0 Å². The maximum atomic E-state index is 9.81. The first kappa shape index (κ1) is 13.0. The molecular formula is C14H13NO4S. The first-order valence-corrected chi connectivity index (χ1v) is 6.79. The Kier molecular flexibility index (Phi) is 3.11. The molecule has 0 atom stereocenters. The number of rotatable bonds is 2. The highest BCUT2D eigenvalue weighted by atomic mass is 32.2. The van der Waals surface area contributed by atoms with Crippen molar-refractivity contribution in [1.29, 1.82) is 0 Å². The van der Waals surface area contributed by atoms with Crippen LogP contribution in [0.4, 0.5) is 0 Å². The average Bonchev–Trinajstić information content (AvgIpc) is 2.75. The van der Waals surface area contributed by atoms with Crippen LogP contribution in [-0.2, 0) is 13.1 Å². The lowest BCUT2D eigenvalue weighted by molar-refractivity contribution is 0.438. The first-order valence-electron chi connectivity index (χ1n) is 6.01.